The van der Waals surface area contributed by atoms with E-state index in [0.29, 0.717) is 0 Å². The van der Waals surface area contributed by atoms with E-state index in [9.17, 15) is 18.0 Å². The zero-order valence-corrected chi connectivity index (χ0v) is 15.5. The van der Waals surface area contributed by atoms with Gasteiger partial charge in [0, 0.05) is 0 Å². The van der Waals surface area contributed by atoms with Gasteiger partial charge in [-0.1, -0.05) is 53.0 Å². The van der Waals surface area contributed by atoms with Crippen molar-refractivity contribution in [2.45, 2.75) is 12.1 Å². The second kappa shape index (κ2) is 8.22. The molecular weight excluding hydrogens is 426 g/mol. The lowest BCUT2D eigenvalue weighted by Crippen LogP contribution is -2.19. The van der Waals surface area contributed by atoms with Gasteiger partial charge in [-0.2, -0.15) is 18.4 Å². The molecule has 0 aliphatic carbocycles. The molecular formula is C18H9Cl3F3NO2. The summed E-state index contributed by atoms with van der Waals surface area (Å²) in [5.74, 6) is -3.34. The molecule has 0 aliphatic heterocycles. The van der Waals surface area contributed by atoms with Crippen LogP contribution in [0.5, 0.6) is 0 Å². The Labute approximate surface area is 167 Å². The van der Waals surface area contributed by atoms with Crippen LogP contribution in [0.25, 0.3) is 6.08 Å². The van der Waals surface area contributed by atoms with Crippen LogP contribution in [0.15, 0.2) is 36.4 Å². The molecule has 2 aromatic rings. The largest absolute Gasteiger partial charge is 0.478 e. The SMILES string of the molecule is N#Cc1cc(/C=C/C(c2cc(Cl)c(Cl)c(Cl)c2)C(F)(F)F)ccc1C(=O)O. The molecule has 0 radical (unpaired) electrons. The van der Waals surface area contributed by atoms with Crippen molar-refractivity contribution in [3.8, 4) is 6.07 Å². The third-order valence-electron chi connectivity index (χ3n) is 3.59. The molecule has 0 saturated carbocycles. The summed E-state index contributed by atoms with van der Waals surface area (Å²) >= 11 is 17.4. The van der Waals surface area contributed by atoms with Crippen molar-refractivity contribution in [2.75, 3.05) is 0 Å². The Kier molecular flexibility index (Phi) is 6.42. The zero-order valence-electron chi connectivity index (χ0n) is 13.2. The number of nitriles is 1. The fourth-order valence-electron chi connectivity index (χ4n) is 2.32. The number of carboxylic acid groups (broad SMARTS) is 1. The van der Waals surface area contributed by atoms with Crippen LogP contribution in [0.1, 0.15) is 33.0 Å². The van der Waals surface area contributed by atoms with Gasteiger partial charge in [-0.25, -0.2) is 4.79 Å². The van der Waals surface area contributed by atoms with Gasteiger partial charge < -0.3 is 5.11 Å². The summed E-state index contributed by atoms with van der Waals surface area (Å²) < 4.78 is 40.5. The summed E-state index contributed by atoms with van der Waals surface area (Å²) in [6.45, 7) is 0. The van der Waals surface area contributed by atoms with Gasteiger partial charge >= 0.3 is 12.1 Å². The van der Waals surface area contributed by atoms with Crippen LogP contribution in [-0.4, -0.2) is 17.3 Å². The van der Waals surface area contributed by atoms with E-state index in [1.54, 1.807) is 6.07 Å². The Hall–Kier alpha value is -2.20. The Bertz CT molecular complexity index is 942. The molecule has 2 aromatic carbocycles. The number of halogens is 6. The van der Waals surface area contributed by atoms with Crippen molar-refractivity contribution in [1.29, 1.82) is 5.26 Å². The molecule has 0 heterocycles. The van der Waals surface area contributed by atoms with Crippen LogP contribution in [0, 0.1) is 11.3 Å². The quantitative estimate of drug-likeness (QED) is 0.553. The lowest BCUT2D eigenvalue weighted by atomic mass is 9.96. The van der Waals surface area contributed by atoms with E-state index in [1.807, 2.05) is 0 Å². The molecule has 0 aromatic heterocycles. The summed E-state index contributed by atoms with van der Waals surface area (Å²) in [6, 6.07) is 7.50. The minimum atomic E-state index is -4.64. The van der Waals surface area contributed by atoms with Crippen molar-refractivity contribution in [2.24, 2.45) is 0 Å². The smallest absolute Gasteiger partial charge is 0.399 e. The minimum Gasteiger partial charge on any atom is -0.478 e. The molecule has 0 aliphatic rings. The zero-order chi connectivity index (χ0) is 20.4. The maximum atomic E-state index is 13.5. The molecule has 1 unspecified atom stereocenters. The number of aromatic carboxylic acids is 1. The highest BCUT2D eigenvalue weighted by Gasteiger charge is 2.39. The lowest BCUT2D eigenvalue weighted by Gasteiger charge is -2.18. The molecule has 140 valence electrons. The maximum Gasteiger partial charge on any atom is 0.399 e. The first-order chi connectivity index (χ1) is 12.5. The number of rotatable bonds is 4. The second-order valence-corrected chi connectivity index (χ2v) is 6.59. The third-order valence-corrected chi connectivity index (χ3v) is 4.79. The molecule has 0 fully saturated rings. The fourth-order valence-corrected chi connectivity index (χ4v) is 2.93. The van der Waals surface area contributed by atoms with Gasteiger partial charge in [0.1, 0.15) is 6.07 Å². The standard InChI is InChI=1S/C18H9Cl3F3NO2/c19-14-6-10(7-15(20)16(14)21)13(18(22,23)24)4-2-9-1-3-12(17(26)27)11(5-9)8-25/h1-7,13H,(H,26,27)/b4-2+. The van der Waals surface area contributed by atoms with Crippen LogP contribution in [0.2, 0.25) is 15.1 Å². The number of nitrogens with zero attached hydrogens (tertiary/aromatic N) is 1. The molecule has 3 nitrogen and oxygen atoms in total. The average molecular weight is 435 g/mol. The van der Waals surface area contributed by atoms with Crippen molar-refractivity contribution in [1.82, 2.24) is 0 Å². The van der Waals surface area contributed by atoms with Crippen LogP contribution < -0.4 is 0 Å². The number of hydrogen-bond donors (Lipinski definition) is 1. The lowest BCUT2D eigenvalue weighted by molar-refractivity contribution is -0.139. The van der Waals surface area contributed by atoms with Crippen LogP contribution in [-0.2, 0) is 0 Å². The van der Waals surface area contributed by atoms with E-state index >= 15 is 0 Å². The number of hydrogen-bond acceptors (Lipinski definition) is 2. The summed E-state index contributed by atoms with van der Waals surface area (Å²) in [7, 11) is 0. The highest BCUT2D eigenvalue weighted by atomic mass is 35.5. The second-order valence-electron chi connectivity index (χ2n) is 5.40. The molecule has 1 N–H and O–H groups in total. The van der Waals surface area contributed by atoms with E-state index in [-0.39, 0.29) is 37.3 Å². The minimum absolute atomic E-state index is 0.0464. The highest BCUT2D eigenvalue weighted by molar-refractivity contribution is 6.48. The molecule has 27 heavy (non-hydrogen) atoms. The topological polar surface area (TPSA) is 61.1 Å². The van der Waals surface area contributed by atoms with Crippen LogP contribution in [0.3, 0.4) is 0 Å². The van der Waals surface area contributed by atoms with Gasteiger partial charge in [0.2, 0.25) is 0 Å². The van der Waals surface area contributed by atoms with Crippen molar-refractivity contribution in [3.05, 3.63) is 73.7 Å². The van der Waals surface area contributed by atoms with Gasteiger partial charge in [-0.3, -0.25) is 0 Å². The Morgan fingerprint density at radius 1 is 1.15 bits per heavy atom. The number of carbonyl (C=O) groups is 1. The van der Waals surface area contributed by atoms with E-state index in [1.165, 1.54) is 12.1 Å². The molecule has 2 rings (SSSR count). The summed E-state index contributed by atoms with van der Waals surface area (Å²) in [6.07, 6.45) is -2.64. The van der Waals surface area contributed by atoms with Crippen molar-refractivity contribution >= 4 is 46.8 Å². The number of alkyl halides is 3. The number of allylic oxidation sites excluding steroid dienone is 1. The summed E-state index contributed by atoms with van der Waals surface area (Å²) in [5, 5.41) is 17.7. The first kappa shape index (κ1) is 21.1. The normalized spacial score (nSPS) is 12.8. The molecule has 0 bridgehead atoms. The predicted octanol–water partition coefficient (Wildman–Crippen LogP) is 6.58. The fraction of sp³-hybridized carbons (Fsp3) is 0.111. The molecule has 0 amide bonds. The first-order valence-electron chi connectivity index (χ1n) is 7.21. The monoisotopic (exact) mass is 433 g/mol. The first-order valence-corrected chi connectivity index (χ1v) is 8.34. The van der Waals surface area contributed by atoms with Gasteiger partial charge in [-0.05, 0) is 35.4 Å². The molecule has 1 atom stereocenters. The number of benzene rings is 2. The van der Waals surface area contributed by atoms with Gasteiger partial charge in [-0.15, -0.1) is 0 Å². The van der Waals surface area contributed by atoms with E-state index in [2.05, 4.69) is 0 Å². The van der Waals surface area contributed by atoms with Crippen molar-refractivity contribution in [3.63, 3.8) is 0 Å². The van der Waals surface area contributed by atoms with E-state index in [4.69, 9.17) is 45.2 Å². The average Bonchev–Trinajstić information content (AvgIpc) is 2.58. The molecule has 9 heteroatoms. The summed E-state index contributed by atoms with van der Waals surface area (Å²) in [4.78, 5) is 11.0. The Morgan fingerprint density at radius 2 is 1.74 bits per heavy atom. The number of carboxylic acids is 1. The highest BCUT2D eigenvalue weighted by Crippen LogP contribution is 2.41. The van der Waals surface area contributed by atoms with Gasteiger partial charge in [0.25, 0.3) is 0 Å². The van der Waals surface area contributed by atoms with Crippen LogP contribution >= 0.6 is 34.8 Å². The maximum absolute atomic E-state index is 13.5. The summed E-state index contributed by atoms with van der Waals surface area (Å²) in [5.41, 5.74) is -0.373. The van der Waals surface area contributed by atoms with Gasteiger partial charge in [0.05, 0.1) is 32.1 Å². The predicted molar refractivity (Wildman–Crippen MR) is 97.4 cm³/mol. The van der Waals surface area contributed by atoms with E-state index < -0.39 is 18.1 Å². The van der Waals surface area contributed by atoms with Crippen LogP contribution in [0.4, 0.5) is 13.2 Å². The van der Waals surface area contributed by atoms with Gasteiger partial charge in [0.15, 0.2) is 0 Å². The van der Waals surface area contributed by atoms with Crippen molar-refractivity contribution < 1.29 is 23.1 Å². The molecule has 0 saturated heterocycles. The van der Waals surface area contributed by atoms with E-state index in [0.717, 1.165) is 30.4 Å². The Balaban J connectivity index is 2.47. The molecule has 0 spiro atoms. The Morgan fingerprint density at radius 3 is 2.22 bits per heavy atom. The third kappa shape index (κ3) is 4.95.